The largest absolute Gasteiger partial charge is 0.507 e. The molecule has 3 heterocycles. The second-order valence-electron chi connectivity index (χ2n) is 10.1. The Hall–Kier alpha value is -3.31. The van der Waals surface area contributed by atoms with E-state index in [0.29, 0.717) is 11.3 Å². The first-order chi connectivity index (χ1) is 20.0. The Balaban J connectivity index is 1.47. The van der Waals surface area contributed by atoms with Gasteiger partial charge in [0.05, 0.1) is 19.8 Å². The fourth-order valence-electron chi connectivity index (χ4n) is 4.92. The van der Waals surface area contributed by atoms with Crippen LogP contribution in [0.5, 0.6) is 17.2 Å². The lowest BCUT2D eigenvalue weighted by Gasteiger charge is -2.45. The van der Waals surface area contributed by atoms with Crippen molar-refractivity contribution >= 4 is 11.0 Å². The average molecular weight is 593 g/mol. The molecular formula is C28H32O14. The molecule has 1 aromatic heterocycles. The number of aliphatic hydroxyl groups is 6. The van der Waals surface area contributed by atoms with Crippen LogP contribution in [0, 0.1) is 0 Å². The zero-order valence-corrected chi connectivity index (χ0v) is 22.5. The summed E-state index contributed by atoms with van der Waals surface area (Å²) in [7, 11) is 1.52. The van der Waals surface area contributed by atoms with Crippen molar-refractivity contribution < 1.29 is 63.8 Å². The highest BCUT2D eigenvalue weighted by atomic mass is 16.8. The number of hydrogen-bond donors (Lipinski definition) is 7. The van der Waals surface area contributed by atoms with Gasteiger partial charge in [-0.05, 0) is 31.2 Å². The molecule has 2 fully saturated rings. The Morgan fingerprint density at radius 3 is 2.21 bits per heavy atom. The van der Waals surface area contributed by atoms with Crippen molar-refractivity contribution in [3.63, 3.8) is 0 Å². The number of benzene rings is 2. The highest BCUT2D eigenvalue weighted by molar-refractivity contribution is 5.86. The molecule has 0 bridgehead atoms. The lowest BCUT2D eigenvalue weighted by atomic mass is 9.97. The molecule has 10 atom stereocenters. The first-order valence-corrected chi connectivity index (χ1v) is 13.1. The molecule has 2 aliphatic rings. The number of fused-ring (bicyclic) bond motifs is 1. The lowest BCUT2D eigenvalue weighted by Crippen LogP contribution is -2.64. The normalized spacial score (nSPS) is 33.4. The minimum atomic E-state index is -1.75. The van der Waals surface area contributed by atoms with E-state index in [0.717, 1.165) is 6.07 Å². The van der Waals surface area contributed by atoms with Crippen LogP contribution in [0.15, 0.2) is 51.7 Å². The zero-order chi connectivity index (χ0) is 30.3. The van der Waals surface area contributed by atoms with E-state index in [4.69, 9.17) is 28.1 Å². The van der Waals surface area contributed by atoms with E-state index >= 15 is 0 Å². The van der Waals surface area contributed by atoms with Gasteiger partial charge in [-0.25, -0.2) is 0 Å². The van der Waals surface area contributed by atoms with Gasteiger partial charge in [-0.3, -0.25) is 4.79 Å². The molecule has 3 aromatic rings. The summed E-state index contributed by atoms with van der Waals surface area (Å²) in [5, 5.41) is 72.1. The van der Waals surface area contributed by atoms with E-state index in [1.807, 2.05) is 0 Å². The van der Waals surface area contributed by atoms with Crippen molar-refractivity contribution in [1.29, 1.82) is 0 Å². The molecule has 42 heavy (non-hydrogen) atoms. The second kappa shape index (κ2) is 12.1. The van der Waals surface area contributed by atoms with Gasteiger partial charge in [0.25, 0.3) is 0 Å². The van der Waals surface area contributed by atoms with Crippen LogP contribution in [0.1, 0.15) is 6.92 Å². The molecular weight excluding hydrogens is 560 g/mol. The molecule has 0 saturated carbocycles. The summed E-state index contributed by atoms with van der Waals surface area (Å²) in [6.07, 6.45) is -15.2. The monoisotopic (exact) mass is 592 g/mol. The molecule has 2 aliphatic heterocycles. The molecule has 7 N–H and O–H groups in total. The minimum Gasteiger partial charge on any atom is -0.507 e. The Bertz CT molecular complexity index is 1440. The van der Waals surface area contributed by atoms with Gasteiger partial charge in [-0.15, -0.1) is 0 Å². The number of aromatic hydroxyl groups is 1. The van der Waals surface area contributed by atoms with Gasteiger partial charge in [-0.2, -0.15) is 0 Å². The number of phenolic OH excluding ortho intramolecular Hbond substituents is 1. The molecule has 2 saturated heterocycles. The van der Waals surface area contributed by atoms with Crippen molar-refractivity contribution in [3.05, 3.63) is 52.7 Å². The first kappa shape index (κ1) is 30.2. The summed E-state index contributed by atoms with van der Waals surface area (Å²) in [4.78, 5) is 12.9. The van der Waals surface area contributed by atoms with Crippen LogP contribution in [0.25, 0.3) is 22.3 Å². The molecule has 14 nitrogen and oxygen atoms in total. The summed E-state index contributed by atoms with van der Waals surface area (Å²) in [6.45, 7) is 0.721. The standard InChI is InChI=1S/C28H32O14/c1-11-21(32)23(34)25(36)27(38-11)42-26-24(35)22(33)19(10-29)41-28(26)39-14-7-15(30)20-16(31)9-17(40-18(20)8-14)12-3-5-13(37-2)6-4-12/h3-9,11,19,21-30,32-36H,10H2,1-2H3/t11-,19-,21+,22-,23+,24-,25-,26+,27+,28-/m1/s1. The first-order valence-electron chi connectivity index (χ1n) is 13.1. The fraction of sp³-hybridized carbons (Fsp3) is 0.464. The third kappa shape index (κ3) is 5.68. The van der Waals surface area contributed by atoms with E-state index in [1.165, 1.54) is 26.2 Å². The molecule has 5 rings (SSSR count). The zero-order valence-electron chi connectivity index (χ0n) is 22.5. The molecule has 0 unspecified atom stereocenters. The van der Waals surface area contributed by atoms with Crippen molar-refractivity contribution in [2.45, 2.75) is 68.3 Å². The highest BCUT2D eigenvalue weighted by Crippen LogP contribution is 2.35. The predicted octanol–water partition coefficient (Wildman–Crippen LogP) is -0.795. The van der Waals surface area contributed by atoms with E-state index < -0.39 is 79.2 Å². The molecule has 228 valence electrons. The number of ether oxygens (including phenoxy) is 5. The van der Waals surface area contributed by atoms with Crippen molar-refractivity contribution in [3.8, 4) is 28.6 Å². The maximum Gasteiger partial charge on any atom is 0.229 e. The van der Waals surface area contributed by atoms with Gasteiger partial charge in [0.2, 0.25) is 6.29 Å². The van der Waals surface area contributed by atoms with Gasteiger partial charge in [0, 0.05) is 23.8 Å². The molecule has 0 spiro atoms. The lowest BCUT2D eigenvalue weighted by molar-refractivity contribution is -0.354. The van der Waals surface area contributed by atoms with Crippen LogP contribution in [-0.4, -0.2) is 111 Å². The van der Waals surface area contributed by atoms with Crippen LogP contribution in [-0.2, 0) is 14.2 Å². The summed E-state index contributed by atoms with van der Waals surface area (Å²) in [5.41, 5.74) is -0.0218. The van der Waals surface area contributed by atoms with Crippen molar-refractivity contribution in [2.24, 2.45) is 0 Å². The Morgan fingerprint density at radius 1 is 0.833 bits per heavy atom. The van der Waals surface area contributed by atoms with E-state index in [1.54, 1.807) is 24.3 Å². The minimum absolute atomic E-state index is 0.0483. The summed E-state index contributed by atoms with van der Waals surface area (Å²) < 4.78 is 33.7. The molecule has 0 radical (unpaired) electrons. The van der Waals surface area contributed by atoms with Gasteiger partial charge in [0.1, 0.15) is 70.6 Å². The quantitative estimate of drug-likeness (QED) is 0.179. The van der Waals surface area contributed by atoms with Gasteiger partial charge >= 0.3 is 0 Å². The Morgan fingerprint density at radius 2 is 1.55 bits per heavy atom. The van der Waals surface area contributed by atoms with Crippen LogP contribution < -0.4 is 14.9 Å². The average Bonchev–Trinajstić information content (AvgIpc) is 2.97. The second-order valence-corrected chi connectivity index (χ2v) is 10.1. The molecule has 0 amide bonds. The number of hydrogen-bond acceptors (Lipinski definition) is 14. The van der Waals surface area contributed by atoms with E-state index in [9.17, 15) is 40.5 Å². The smallest absolute Gasteiger partial charge is 0.229 e. The maximum absolute atomic E-state index is 12.9. The third-order valence-electron chi connectivity index (χ3n) is 7.33. The number of rotatable bonds is 7. The van der Waals surface area contributed by atoms with Gasteiger partial charge in [0.15, 0.2) is 17.8 Å². The number of aliphatic hydroxyl groups excluding tert-OH is 6. The third-order valence-corrected chi connectivity index (χ3v) is 7.33. The Labute approximate surface area is 238 Å². The van der Waals surface area contributed by atoms with E-state index in [-0.39, 0.29) is 22.5 Å². The van der Waals surface area contributed by atoms with Crippen LogP contribution >= 0.6 is 0 Å². The highest BCUT2D eigenvalue weighted by Gasteiger charge is 2.50. The van der Waals surface area contributed by atoms with Crippen LogP contribution in [0.3, 0.4) is 0 Å². The van der Waals surface area contributed by atoms with Crippen molar-refractivity contribution in [2.75, 3.05) is 13.7 Å². The van der Waals surface area contributed by atoms with Crippen molar-refractivity contribution in [1.82, 2.24) is 0 Å². The number of phenols is 1. The van der Waals surface area contributed by atoms with Gasteiger partial charge < -0.3 is 63.8 Å². The Kier molecular flexibility index (Phi) is 8.71. The fourth-order valence-corrected chi connectivity index (χ4v) is 4.92. The number of methoxy groups -OCH3 is 1. The van der Waals surface area contributed by atoms with Crippen LogP contribution in [0.4, 0.5) is 0 Å². The van der Waals surface area contributed by atoms with Crippen LogP contribution in [0.2, 0.25) is 0 Å². The molecule has 2 aromatic carbocycles. The summed E-state index contributed by atoms with van der Waals surface area (Å²) in [5.74, 6) is 0.197. The summed E-state index contributed by atoms with van der Waals surface area (Å²) in [6, 6.07) is 10.4. The summed E-state index contributed by atoms with van der Waals surface area (Å²) >= 11 is 0. The van der Waals surface area contributed by atoms with E-state index in [2.05, 4.69) is 0 Å². The van der Waals surface area contributed by atoms with Gasteiger partial charge in [-0.1, -0.05) is 0 Å². The maximum atomic E-state index is 12.9. The molecule has 14 heteroatoms. The molecule has 0 aliphatic carbocycles. The predicted molar refractivity (Wildman–Crippen MR) is 142 cm³/mol. The topological polar surface area (TPSA) is 218 Å². The SMILES string of the molecule is COc1ccc(-c2cc(=O)c3c(O)cc(O[C@@H]4O[C@H](CO)[C@@H](O)[C@@H](O)[C@@H]4O[C@@H]4O[C@H](C)[C@H](O)[C@H](O)[C@H]4O)cc3o2)cc1.